The number of carbonyl (C=O) groups excluding carboxylic acids is 2. The summed E-state index contributed by atoms with van der Waals surface area (Å²) in [6.45, 7) is 0. The van der Waals surface area contributed by atoms with Crippen molar-refractivity contribution < 1.29 is 9.59 Å². The Labute approximate surface area is 117 Å². The zero-order valence-electron chi connectivity index (χ0n) is 11.0. The number of nitrogens with one attached hydrogen (secondary N) is 1. The molecular formula is C17H15NO2. The average Bonchev–Trinajstić information content (AvgIpc) is 2.47. The standard InChI is InChI=1S/C17H15NO2/c19-16-10-15(11-17(20)18-16)14-8-6-13(7-9-14)12-4-2-1-3-5-12/h1-9,15H,10-11H2,(H,18,19,20). The van der Waals surface area contributed by atoms with Crippen LogP contribution in [0.25, 0.3) is 11.1 Å². The third-order valence-corrected chi connectivity index (χ3v) is 3.63. The summed E-state index contributed by atoms with van der Waals surface area (Å²) in [6.07, 6.45) is 0.771. The van der Waals surface area contributed by atoms with Crippen LogP contribution in [0.2, 0.25) is 0 Å². The molecule has 1 N–H and O–H groups in total. The first kappa shape index (κ1) is 12.6. The summed E-state index contributed by atoms with van der Waals surface area (Å²) in [4.78, 5) is 22.8. The summed E-state index contributed by atoms with van der Waals surface area (Å²) in [7, 11) is 0. The first-order valence-electron chi connectivity index (χ1n) is 6.70. The van der Waals surface area contributed by atoms with E-state index >= 15 is 0 Å². The monoisotopic (exact) mass is 265 g/mol. The van der Waals surface area contributed by atoms with Gasteiger partial charge in [0.25, 0.3) is 0 Å². The molecule has 0 saturated carbocycles. The first-order valence-corrected chi connectivity index (χ1v) is 6.70. The van der Waals surface area contributed by atoms with Gasteiger partial charge in [0.1, 0.15) is 0 Å². The molecule has 1 fully saturated rings. The lowest BCUT2D eigenvalue weighted by atomic mass is 9.88. The van der Waals surface area contributed by atoms with Crippen LogP contribution in [-0.2, 0) is 9.59 Å². The van der Waals surface area contributed by atoms with E-state index in [1.165, 1.54) is 0 Å². The minimum Gasteiger partial charge on any atom is -0.296 e. The Morgan fingerprint density at radius 3 is 1.90 bits per heavy atom. The van der Waals surface area contributed by atoms with Crippen molar-refractivity contribution in [2.24, 2.45) is 0 Å². The van der Waals surface area contributed by atoms with E-state index in [2.05, 4.69) is 17.4 Å². The van der Waals surface area contributed by atoms with E-state index in [0.29, 0.717) is 12.8 Å². The van der Waals surface area contributed by atoms with Gasteiger partial charge in [0.2, 0.25) is 11.8 Å². The molecule has 1 aliphatic rings. The Morgan fingerprint density at radius 1 is 0.750 bits per heavy atom. The van der Waals surface area contributed by atoms with E-state index in [4.69, 9.17) is 0 Å². The third kappa shape index (κ3) is 2.62. The quantitative estimate of drug-likeness (QED) is 0.849. The molecule has 0 atom stereocenters. The number of imide groups is 1. The van der Waals surface area contributed by atoms with E-state index in [-0.39, 0.29) is 17.7 Å². The average molecular weight is 265 g/mol. The SMILES string of the molecule is O=C1CC(c2ccc(-c3ccccc3)cc2)CC(=O)N1. The van der Waals surface area contributed by atoms with Crippen LogP contribution in [0.1, 0.15) is 24.3 Å². The summed E-state index contributed by atoms with van der Waals surface area (Å²) < 4.78 is 0. The van der Waals surface area contributed by atoms with Crippen LogP contribution in [0.4, 0.5) is 0 Å². The van der Waals surface area contributed by atoms with Gasteiger partial charge in [-0.3, -0.25) is 14.9 Å². The highest BCUT2D eigenvalue weighted by molar-refractivity contribution is 5.98. The van der Waals surface area contributed by atoms with Crippen molar-refractivity contribution >= 4 is 11.8 Å². The van der Waals surface area contributed by atoms with Gasteiger partial charge in [0, 0.05) is 18.8 Å². The molecule has 20 heavy (non-hydrogen) atoms. The lowest BCUT2D eigenvalue weighted by Gasteiger charge is -2.21. The largest absolute Gasteiger partial charge is 0.296 e. The number of carbonyl (C=O) groups is 2. The molecule has 2 amide bonds. The first-order chi connectivity index (χ1) is 9.72. The summed E-state index contributed by atoms with van der Waals surface area (Å²) in [5.41, 5.74) is 3.35. The number of piperidine rings is 1. The topological polar surface area (TPSA) is 46.2 Å². The number of hydrogen-bond donors (Lipinski definition) is 1. The van der Waals surface area contributed by atoms with E-state index < -0.39 is 0 Å². The van der Waals surface area contributed by atoms with Gasteiger partial charge in [0.05, 0.1) is 0 Å². The normalized spacial score (nSPS) is 16.0. The molecule has 0 radical (unpaired) electrons. The van der Waals surface area contributed by atoms with Gasteiger partial charge < -0.3 is 0 Å². The highest BCUT2D eigenvalue weighted by Gasteiger charge is 2.25. The molecule has 0 bridgehead atoms. The van der Waals surface area contributed by atoms with Crippen molar-refractivity contribution in [2.75, 3.05) is 0 Å². The molecule has 0 spiro atoms. The lowest BCUT2D eigenvalue weighted by molar-refractivity contribution is -0.133. The molecule has 1 heterocycles. The van der Waals surface area contributed by atoms with Gasteiger partial charge in [-0.25, -0.2) is 0 Å². The van der Waals surface area contributed by atoms with Gasteiger partial charge >= 0.3 is 0 Å². The molecule has 1 aliphatic heterocycles. The molecule has 3 nitrogen and oxygen atoms in total. The van der Waals surface area contributed by atoms with Gasteiger partial charge in [-0.2, -0.15) is 0 Å². The van der Waals surface area contributed by atoms with Crippen molar-refractivity contribution in [1.29, 1.82) is 0 Å². The maximum absolute atomic E-state index is 11.4. The Kier molecular flexibility index (Phi) is 3.33. The fourth-order valence-corrected chi connectivity index (χ4v) is 2.59. The second-order valence-corrected chi connectivity index (χ2v) is 5.06. The number of hydrogen-bond acceptors (Lipinski definition) is 2. The van der Waals surface area contributed by atoms with Crippen LogP contribution in [0, 0.1) is 0 Å². The fourth-order valence-electron chi connectivity index (χ4n) is 2.59. The van der Waals surface area contributed by atoms with Crippen molar-refractivity contribution in [1.82, 2.24) is 5.32 Å². The van der Waals surface area contributed by atoms with E-state index in [9.17, 15) is 9.59 Å². The lowest BCUT2D eigenvalue weighted by Crippen LogP contribution is -2.37. The third-order valence-electron chi connectivity index (χ3n) is 3.63. The molecule has 1 saturated heterocycles. The molecule has 3 heteroatoms. The Balaban J connectivity index is 1.83. The van der Waals surface area contributed by atoms with Crippen molar-refractivity contribution in [2.45, 2.75) is 18.8 Å². The van der Waals surface area contributed by atoms with Crippen molar-refractivity contribution in [3.05, 3.63) is 60.2 Å². The van der Waals surface area contributed by atoms with E-state index in [0.717, 1.165) is 16.7 Å². The molecule has 0 unspecified atom stereocenters. The number of benzene rings is 2. The highest BCUT2D eigenvalue weighted by atomic mass is 16.2. The van der Waals surface area contributed by atoms with Gasteiger partial charge in [-0.05, 0) is 16.7 Å². The van der Waals surface area contributed by atoms with Crippen LogP contribution < -0.4 is 5.32 Å². The second kappa shape index (κ2) is 5.29. The Bertz CT molecular complexity index is 616. The van der Waals surface area contributed by atoms with Gasteiger partial charge in [-0.1, -0.05) is 54.6 Å². The van der Waals surface area contributed by atoms with Crippen LogP contribution in [-0.4, -0.2) is 11.8 Å². The number of rotatable bonds is 2. The molecule has 100 valence electrons. The number of amides is 2. The van der Waals surface area contributed by atoms with Gasteiger partial charge in [-0.15, -0.1) is 0 Å². The predicted octanol–water partition coefficient (Wildman–Crippen LogP) is 2.87. The van der Waals surface area contributed by atoms with E-state index in [1.54, 1.807) is 0 Å². The molecule has 2 aromatic carbocycles. The summed E-state index contributed by atoms with van der Waals surface area (Å²) >= 11 is 0. The van der Waals surface area contributed by atoms with Crippen LogP contribution in [0.3, 0.4) is 0 Å². The predicted molar refractivity (Wildman–Crippen MR) is 77.0 cm³/mol. The molecule has 2 aromatic rings. The van der Waals surface area contributed by atoms with Crippen LogP contribution in [0.15, 0.2) is 54.6 Å². The maximum atomic E-state index is 11.4. The fraction of sp³-hybridized carbons (Fsp3) is 0.176. The molecular weight excluding hydrogens is 250 g/mol. The molecule has 0 aliphatic carbocycles. The molecule has 3 rings (SSSR count). The molecule has 0 aromatic heterocycles. The maximum Gasteiger partial charge on any atom is 0.227 e. The zero-order chi connectivity index (χ0) is 13.9. The smallest absolute Gasteiger partial charge is 0.227 e. The Hall–Kier alpha value is -2.42. The summed E-state index contributed by atoms with van der Waals surface area (Å²) in [6, 6.07) is 18.2. The minimum absolute atomic E-state index is 0.000994. The van der Waals surface area contributed by atoms with Crippen LogP contribution >= 0.6 is 0 Å². The van der Waals surface area contributed by atoms with Crippen LogP contribution in [0.5, 0.6) is 0 Å². The second-order valence-electron chi connectivity index (χ2n) is 5.06. The van der Waals surface area contributed by atoms with E-state index in [1.807, 2.05) is 42.5 Å². The Morgan fingerprint density at radius 2 is 1.30 bits per heavy atom. The highest BCUT2D eigenvalue weighted by Crippen LogP contribution is 2.28. The minimum atomic E-state index is -0.182. The zero-order valence-corrected chi connectivity index (χ0v) is 11.0. The van der Waals surface area contributed by atoms with Crippen molar-refractivity contribution in [3.63, 3.8) is 0 Å². The summed E-state index contributed by atoms with van der Waals surface area (Å²) in [5, 5.41) is 2.34. The van der Waals surface area contributed by atoms with Crippen molar-refractivity contribution in [3.8, 4) is 11.1 Å². The summed E-state index contributed by atoms with van der Waals surface area (Å²) in [5.74, 6) is -0.363. The van der Waals surface area contributed by atoms with Gasteiger partial charge in [0.15, 0.2) is 0 Å².